The lowest BCUT2D eigenvalue weighted by molar-refractivity contribution is 0.466. The molecule has 2 rings (SSSR count). The lowest BCUT2D eigenvalue weighted by atomic mass is 10.1. The highest BCUT2D eigenvalue weighted by molar-refractivity contribution is 14.0. The van der Waals surface area contributed by atoms with Gasteiger partial charge in [-0.25, -0.2) is 13.4 Å². The molecule has 130 valence electrons. The number of nitrogens with zero attached hydrogens (tertiary/aromatic N) is 2. The second-order valence-corrected chi connectivity index (χ2v) is 8.25. The summed E-state index contributed by atoms with van der Waals surface area (Å²) in [6.45, 7) is 1.27. The summed E-state index contributed by atoms with van der Waals surface area (Å²) in [5, 5.41) is 3.31. The molecule has 0 saturated carbocycles. The topological polar surface area (TPSA) is 61.8 Å². The summed E-state index contributed by atoms with van der Waals surface area (Å²) in [6.07, 6.45) is 1.73. The van der Waals surface area contributed by atoms with Crippen molar-refractivity contribution in [3.8, 4) is 0 Å². The van der Waals surface area contributed by atoms with Crippen LogP contribution in [0.5, 0.6) is 0 Å². The lowest BCUT2D eigenvalue weighted by Crippen LogP contribution is -2.41. The Morgan fingerprint density at radius 2 is 2.00 bits per heavy atom. The van der Waals surface area contributed by atoms with Gasteiger partial charge < -0.3 is 10.2 Å². The van der Waals surface area contributed by atoms with Crippen molar-refractivity contribution in [1.29, 1.82) is 0 Å². The Labute approximate surface area is 156 Å². The average molecular weight is 451 g/mol. The molecule has 1 aromatic rings. The molecule has 1 aliphatic heterocycles. The van der Waals surface area contributed by atoms with E-state index in [1.807, 2.05) is 49.3 Å². The van der Waals surface area contributed by atoms with E-state index in [1.54, 1.807) is 0 Å². The number of hydrogen-bond acceptors (Lipinski definition) is 3. The van der Waals surface area contributed by atoms with Gasteiger partial charge in [0, 0.05) is 20.6 Å². The summed E-state index contributed by atoms with van der Waals surface area (Å²) in [6, 6.07) is 10.1. The van der Waals surface area contributed by atoms with Crippen LogP contribution < -0.4 is 5.32 Å². The van der Waals surface area contributed by atoms with Crippen molar-refractivity contribution in [3.63, 3.8) is 0 Å². The average Bonchev–Trinajstić information content (AvgIpc) is 2.47. The number of rotatable bonds is 4. The third-order valence-electron chi connectivity index (χ3n) is 3.78. The molecule has 1 saturated heterocycles. The van der Waals surface area contributed by atoms with E-state index in [0.717, 1.165) is 24.4 Å². The van der Waals surface area contributed by atoms with Crippen molar-refractivity contribution in [1.82, 2.24) is 10.2 Å². The fourth-order valence-electron chi connectivity index (χ4n) is 2.62. The molecular weight excluding hydrogens is 425 g/mol. The SMILES string of the molecule is CN(C)C(=NCc1ccccc1)NCC1CCCS(=O)(=O)C1.I. The highest BCUT2D eigenvalue weighted by Gasteiger charge is 2.24. The molecule has 0 bridgehead atoms. The van der Waals surface area contributed by atoms with Crippen LogP contribution in [0.2, 0.25) is 0 Å². The molecule has 23 heavy (non-hydrogen) atoms. The van der Waals surface area contributed by atoms with E-state index in [1.165, 1.54) is 0 Å². The van der Waals surface area contributed by atoms with Crippen LogP contribution in [0.25, 0.3) is 0 Å². The van der Waals surface area contributed by atoms with E-state index in [9.17, 15) is 8.42 Å². The first-order valence-electron chi connectivity index (χ1n) is 7.66. The summed E-state index contributed by atoms with van der Waals surface area (Å²) in [5.74, 6) is 1.61. The van der Waals surface area contributed by atoms with Crippen molar-refractivity contribution >= 4 is 39.8 Å². The molecule has 1 fully saturated rings. The molecule has 1 unspecified atom stereocenters. The van der Waals surface area contributed by atoms with Crippen molar-refractivity contribution in [2.75, 3.05) is 32.1 Å². The zero-order valence-electron chi connectivity index (χ0n) is 13.7. The molecule has 0 radical (unpaired) electrons. The Balaban J connectivity index is 0.00000264. The van der Waals surface area contributed by atoms with Gasteiger partial charge in [0.1, 0.15) is 0 Å². The second kappa shape index (κ2) is 9.46. The fourth-order valence-corrected chi connectivity index (χ4v) is 4.40. The summed E-state index contributed by atoms with van der Waals surface area (Å²) in [4.78, 5) is 6.53. The van der Waals surface area contributed by atoms with E-state index in [2.05, 4.69) is 10.3 Å². The molecule has 0 aliphatic carbocycles. The predicted octanol–water partition coefficient (Wildman–Crippen LogP) is 2.14. The third kappa shape index (κ3) is 7.07. The summed E-state index contributed by atoms with van der Waals surface area (Å²) in [7, 11) is 1.03. The molecule has 1 N–H and O–H groups in total. The minimum absolute atomic E-state index is 0. The van der Waals surface area contributed by atoms with Crippen molar-refractivity contribution in [2.45, 2.75) is 19.4 Å². The third-order valence-corrected chi connectivity index (χ3v) is 5.67. The van der Waals surface area contributed by atoms with E-state index in [0.29, 0.717) is 24.6 Å². The van der Waals surface area contributed by atoms with E-state index >= 15 is 0 Å². The minimum Gasteiger partial charge on any atom is -0.356 e. The molecule has 5 nitrogen and oxygen atoms in total. The largest absolute Gasteiger partial charge is 0.356 e. The van der Waals surface area contributed by atoms with Gasteiger partial charge >= 0.3 is 0 Å². The normalized spacial score (nSPS) is 20.4. The van der Waals surface area contributed by atoms with Gasteiger partial charge in [-0.1, -0.05) is 30.3 Å². The number of sulfone groups is 1. The Bertz CT molecular complexity index is 603. The Morgan fingerprint density at radius 1 is 1.30 bits per heavy atom. The monoisotopic (exact) mass is 451 g/mol. The first-order chi connectivity index (χ1) is 10.5. The first kappa shape index (κ1) is 20.2. The smallest absolute Gasteiger partial charge is 0.193 e. The molecule has 1 heterocycles. The number of benzene rings is 1. The van der Waals surface area contributed by atoms with Crippen LogP contribution in [-0.2, 0) is 16.4 Å². The van der Waals surface area contributed by atoms with Crippen LogP contribution in [0.15, 0.2) is 35.3 Å². The number of guanidine groups is 1. The van der Waals surface area contributed by atoms with E-state index in [-0.39, 0.29) is 29.9 Å². The maximum absolute atomic E-state index is 11.7. The summed E-state index contributed by atoms with van der Waals surface area (Å²) < 4.78 is 23.4. The van der Waals surface area contributed by atoms with Crippen LogP contribution in [0.3, 0.4) is 0 Å². The van der Waals surface area contributed by atoms with Gasteiger partial charge in [0.15, 0.2) is 15.8 Å². The molecule has 1 aliphatic rings. The maximum atomic E-state index is 11.7. The van der Waals surface area contributed by atoms with Gasteiger partial charge in [-0.2, -0.15) is 0 Å². The molecule has 1 aromatic carbocycles. The summed E-state index contributed by atoms with van der Waals surface area (Å²) in [5.41, 5.74) is 1.16. The quantitative estimate of drug-likeness (QED) is 0.433. The highest BCUT2D eigenvalue weighted by Crippen LogP contribution is 2.17. The summed E-state index contributed by atoms with van der Waals surface area (Å²) >= 11 is 0. The van der Waals surface area contributed by atoms with E-state index in [4.69, 9.17) is 0 Å². The number of halogens is 1. The molecule has 0 spiro atoms. The van der Waals surface area contributed by atoms with Crippen LogP contribution in [0.1, 0.15) is 18.4 Å². The first-order valence-corrected chi connectivity index (χ1v) is 9.48. The Kier molecular flexibility index (Phi) is 8.32. The lowest BCUT2D eigenvalue weighted by Gasteiger charge is -2.25. The maximum Gasteiger partial charge on any atom is 0.193 e. The fraction of sp³-hybridized carbons (Fsp3) is 0.562. The predicted molar refractivity (Wildman–Crippen MR) is 106 cm³/mol. The van der Waals surface area contributed by atoms with Crippen LogP contribution in [0, 0.1) is 5.92 Å². The minimum atomic E-state index is -2.85. The van der Waals surface area contributed by atoms with Gasteiger partial charge in [-0.15, -0.1) is 24.0 Å². The molecule has 0 amide bonds. The Hall–Kier alpha value is -0.830. The van der Waals surface area contributed by atoms with Gasteiger partial charge in [-0.05, 0) is 24.3 Å². The van der Waals surface area contributed by atoms with Crippen molar-refractivity contribution in [3.05, 3.63) is 35.9 Å². The van der Waals surface area contributed by atoms with Crippen LogP contribution in [0.4, 0.5) is 0 Å². The highest BCUT2D eigenvalue weighted by atomic mass is 127. The molecular formula is C16H26IN3O2S. The van der Waals surface area contributed by atoms with Gasteiger partial charge in [0.2, 0.25) is 0 Å². The Morgan fingerprint density at radius 3 is 2.61 bits per heavy atom. The van der Waals surface area contributed by atoms with Crippen LogP contribution in [-0.4, -0.2) is 51.4 Å². The van der Waals surface area contributed by atoms with Crippen molar-refractivity contribution in [2.24, 2.45) is 10.9 Å². The zero-order valence-corrected chi connectivity index (χ0v) is 16.9. The van der Waals surface area contributed by atoms with Gasteiger partial charge in [0.25, 0.3) is 0 Å². The number of aliphatic imine (C=N–C) groups is 1. The standard InChI is InChI=1S/C16H25N3O2S.HI/c1-19(2)16(17-11-14-7-4-3-5-8-14)18-12-15-9-6-10-22(20,21)13-15;/h3-5,7-8,15H,6,9-13H2,1-2H3,(H,17,18);1H. The van der Waals surface area contributed by atoms with Crippen molar-refractivity contribution < 1.29 is 8.42 Å². The second-order valence-electron chi connectivity index (χ2n) is 6.02. The number of hydrogen-bond donors (Lipinski definition) is 1. The molecule has 0 aromatic heterocycles. The molecule has 7 heteroatoms. The van der Waals surface area contributed by atoms with Gasteiger partial charge in [-0.3, -0.25) is 0 Å². The number of nitrogens with one attached hydrogen (secondary N) is 1. The van der Waals surface area contributed by atoms with E-state index < -0.39 is 9.84 Å². The van der Waals surface area contributed by atoms with Gasteiger partial charge in [0.05, 0.1) is 18.1 Å². The zero-order chi connectivity index (χ0) is 16.0. The van der Waals surface area contributed by atoms with Crippen LogP contribution >= 0.6 is 24.0 Å². The molecule has 1 atom stereocenters.